The molecule has 1 fully saturated rings. The number of benzene rings is 1. The van der Waals surface area contributed by atoms with Crippen molar-refractivity contribution < 1.29 is 10.2 Å². The van der Waals surface area contributed by atoms with Gasteiger partial charge in [-0.05, 0) is 37.5 Å². The van der Waals surface area contributed by atoms with Crippen LogP contribution in [0.5, 0.6) is 5.75 Å². The van der Waals surface area contributed by atoms with Gasteiger partial charge in [0, 0.05) is 10.0 Å². The third-order valence-electron chi connectivity index (χ3n) is 2.50. The van der Waals surface area contributed by atoms with Crippen LogP contribution in [0.15, 0.2) is 16.6 Å². The molecule has 0 bridgehead atoms. The minimum Gasteiger partial charge on any atom is -0.508 e. The van der Waals surface area contributed by atoms with Gasteiger partial charge in [0.1, 0.15) is 5.75 Å². The van der Waals surface area contributed by atoms with Crippen LogP contribution in [0.2, 0.25) is 0 Å². The second-order valence-corrected chi connectivity index (χ2v) is 4.50. The van der Waals surface area contributed by atoms with Crippen LogP contribution < -0.4 is 0 Å². The highest BCUT2D eigenvalue weighted by Gasteiger charge is 2.44. The third kappa shape index (κ3) is 1.46. The Morgan fingerprint density at radius 1 is 1.38 bits per heavy atom. The van der Waals surface area contributed by atoms with Crippen molar-refractivity contribution in [2.24, 2.45) is 0 Å². The summed E-state index contributed by atoms with van der Waals surface area (Å²) in [6.07, 6.45) is 1.49. The molecule has 1 aromatic carbocycles. The summed E-state index contributed by atoms with van der Waals surface area (Å²) in [6, 6.07) is 3.48. The average Bonchev–Trinajstić information content (AvgIpc) is 2.77. The van der Waals surface area contributed by atoms with E-state index in [0.717, 1.165) is 22.9 Å². The molecular formula is C10H11BrO2. The maximum Gasteiger partial charge on any atom is 0.122 e. The first kappa shape index (κ1) is 9.03. The first-order chi connectivity index (χ1) is 6.03. The Balaban J connectivity index is 2.52. The lowest BCUT2D eigenvalue weighted by Crippen LogP contribution is -2.04. The lowest BCUT2D eigenvalue weighted by Gasteiger charge is -2.12. The summed E-state index contributed by atoms with van der Waals surface area (Å²) in [7, 11) is 0. The van der Waals surface area contributed by atoms with Gasteiger partial charge in [0.25, 0.3) is 0 Å². The van der Waals surface area contributed by atoms with E-state index in [1.165, 1.54) is 0 Å². The van der Waals surface area contributed by atoms with Crippen LogP contribution in [0.25, 0.3) is 0 Å². The second-order valence-electron chi connectivity index (χ2n) is 3.65. The summed E-state index contributed by atoms with van der Waals surface area (Å²) in [5.74, 6) is 0.195. The van der Waals surface area contributed by atoms with Gasteiger partial charge in [-0.25, -0.2) is 0 Å². The number of aromatic hydroxyl groups is 1. The highest BCUT2D eigenvalue weighted by atomic mass is 79.9. The van der Waals surface area contributed by atoms with Crippen LogP contribution in [-0.2, 0) is 5.60 Å². The Labute approximate surface area is 85.3 Å². The van der Waals surface area contributed by atoms with Crippen molar-refractivity contribution >= 4 is 15.9 Å². The topological polar surface area (TPSA) is 40.5 Å². The van der Waals surface area contributed by atoms with E-state index in [4.69, 9.17) is 0 Å². The monoisotopic (exact) mass is 242 g/mol. The number of aryl methyl sites for hydroxylation is 1. The minimum atomic E-state index is -0.764. The van der Waals surface area contributed by atoms with E-state index in [9.17, 15) is 10.2 Å². The van der Waals surface area contributed by atoms with Crippen molar-refractivity contribution in [1.29, 1.82) is 0 Å². The third-order valence-corrected chi connectivity index (χ3v) is 3.36. The highest BCUT2D eigenvalue weighted by molar-refractivity contribution is 9.10. The maximum absolute atomic E-state index is 9.82. The molecule has 1 aromatic rings. The Kier molecular flexibility index (Phi) is 1.89. The molecule has 2 rings (SSSR count). The number of rotatable bonds is 1. The standard InChI is InChI=1S/C10H11BrO2/c1-6-4-9(12)7(5-8(6)11)10(13)2-3-10/h4-5,12-13H,2-3H2,1H3. The second kappa shape index (κ2) is 2.72. The van der Waals surface area contributed by atoms with Crippen molar-refractivity contribution in [2.75, 3.05) is 0 Å². The molecule has 0 heterocycles. The normalized spacial score (nSPS) is 18.7. The van der Waals surface area contributed by atoms with Crippen molar-refractivity contribution in [3.05, 3.63) is 27.7 Å². The summed E-state index contributed by atoms with van der Waals surface area (Å²) >= 11 is 3.38. The molecule has 70 valence electrons. The summed E-state index contributed by atoms with van der Waals surface area (Å²) < 4.78 is 0.931. The molecule has 0 amide bonds. The Morgan fingerprint density at radius 2 is 2.00 bits per heavy atom. The van der Waals surface area contributed by atoms with Gasteiger partial charge in [0.2, 0.25) is 0 Å². The molecule has 13 heavy (non-hydrogen) atoms. The van der Waals surface area contributed by atoms with Crippen LogP contribution in [0, 0.1) is 6.92 Å². The van der Waals surface area contributed by atoms with E-state index in [0.29, 0.717) is 5.56 Å². The van der Waals surface area contributed by atoms with Gasteiger partial charge in [-0.3, -0.25) is 0 Å². The number of halogens is 1. The molecule has 0 aliphatic heterocycles. The van der Waals surface area contributed by atoms with Crippen LogP contribution in [0.4, 0.5) is 0 Å². The lowest BCUT2D eigenvalue weighted by molar-refractivity contribution is 0.147. The quantitative estimate of drug-likeness (QED) is 0.795. The van der Waals surface area contributed by atoms with Crippen molar-refractivity contribution in [2.45, 2.75) is 25.4 Å². The van der Waals surface area contributed by atoms with Gasteiger partial charge >= 0.3 is 0 Å². The number of hydrogen-bond donors (Lipinski definition) is 2. The number of phenolic OH excluding ortho intramolecular Hbond substituents is 1. The number of phenols is 1. The van der Waals surface area contributed by atoms with Gasteiger partial charge in [-0.2, -0.15) is 0 Å². The van der Waals surface area contributed by atoms with Gasteiger partial charge in [0.05, 0.1) is 5.60 Å². The first-order valence-corrected chi connectivity index (χ1v) is 5.04. The zero-order chi connectivity index (χ0) is 9.64. The SMILES string of the molecule is Cc1cc(O)c(C2(O)CC2)cc1Br. The fourth-order valence-electron chi connectivity index (χ4n) is 1.43. The summed E-state index contributed by atoms with van der Waals surface area (Å²) in [6.45, 7) is 1.91. The fraction of sp³-hybridized carbons (Fsp3) is 0.400. The molecule has 1 aliphatic rings. The predicted octanol–water partition coefficient (Wildman–Crippen LogP) is 2.44. The molecule has 3 heteroatoms. The van der Waals surface area contributed by atoms with E-state index in [2.05, 4.69) is 15.9 Å². The molecular weight excluding hydrogens is 232 g/mol. The number of hydrogen-bond acceptors (Lipinski definition) is 2. The summed E-state index contributed by atoms with van der Waals surface area (Å²) in [5.41, 5.74) is 0.857. The number of aliphatic hydroxyl groups is 1. The van der Waals surface area contributed by atoms with Crippen LogP contribution in [-0.4, -0.2) is 10.2 Å². The fourth-order valence-corrected chi connectivity index (χ4v) is 1.77. The van der Waals surface area contributed by atoms with Gasteiger partial charge in [0.15, 0.2) is 0 Å². The zero-order valence-corrected chi connectivity index (χ0v) is 8.93. The highest BCUT2D eigenvalue weighted by Crippen LogP contribution is 2.49. The smallest absolute Gasteiger partial charge is 0.122 e. The van der Waals surface area contributed by atoms with Gasteiger partial charge in [-0.1, -0.05) is 15.9 Å². The largest absolute Gasteiger partial charge is 0.508 e. The van der Waals surface area contributed by atoms with Gasteiger partial charge < -0.3 is 10.2 Å². The van der Waals surface area contributed by atoms with Crippen molar-refractivity contribution in [1.82, 2.24) is 0 Å². The lowest BCUT2D eigenvalue weighted by atomic mass is 10.0. The molecule has 0 spiro atoms. The Morgan fingerprint density at radius 3 is 2.54 bits per heavy atom. The molecule has 0 atom stereocenters. The molecule has 2 nitrogen and oxygen atoms in total. The molecule has 0 radical (unpaired) electrons. The van der Waals surface area contributed by atoms with Crippen molar-refractivity contribution in [3.8, 4) is 5.75 Å². The van der Waals surface area contributed by atoms with E-state index < -0.39 is 5.60 Å². The molecule has 1 aliphatic carbocycles. The molecule has 0 aromatic heterocycles. The molecule has 1 saturated carbocycles. The predicted molar refractivity (Wildman–Crippen MR) is 53.7 cm³/mol. The van der Waals surface area contributed by atoms with Crippen LogP contribution >= 0.6 is 15.9 Å². The van der Waals surface area contributed by atoms with Gasteiger partial charge in [-0.15, -0.1) is 0 Å². The maximum atomic E-state index is 9.82. The Hall–Kier alpha value is -0.540. The van der Waals surface area contributed by atoms with E-state index in [1.807, 2.05) is 6.92 Å². The average molecular weight is 243 g/mol. The minimum absolute atomic E-state index is 0.195. The summed E-state index contributed by atoms with van der Waals surface area (Å²) in [5, 5.41) is 19.4. The van der Waals surface area contributed by atoms with Crippen molar-refractivity contribution in [3.63, 3.8) is 0 Å². The van der Waals surface area contributed by atoms with E-state index in [-0.39, 0.29) is 5.75 Å². The zero-order valence-electron chi connectivity index (χ0n) is 7.34. The van der Waals surface area contributed by atoms with E-state index >= 15 is 0 Å². The van der Waals surface area contributed by atoms with Crippen LogP contribution in [0.3, 0.4) is 0 Å². The van der Waals surface area contributed by atoms with Crippen LogP contribution in [0.1, 0.15) is 24.0 Å². The van der Waals surface area contributed by atoms with E-state index in [1.54, 1.807) is 12.1 Å². The molecule has 0 unspecified atom stereocenters. The Bertz CT molecular complexity index is 356. The molecule has 0 saturated heterocycles. The summed E-state index contributed by atoms with van der Waals surface area (Å²) in [4.78, 5) is 0. The molecule has 2 N–H and O–H groups in total. The first-order valence-electron chi connectivity index (χ1n) is 4.25.